The molecule has 0 aliphatic heterocycles. The third-order valence-corrected chi connectivity index (χ3v) is 2.93. The van der Waals surface area contributed by atoms with E-state index < -0.39 is 0 Å². The number of aromatic nitrogens is 2. The molecule has 0 saturated heterocycles. The Morgan fingerprint density at radius 1 is 1.62 bits per heavy atom. The number of imidazole rings is 1. The fourth-order valence-electron chi connectivity index (χ4n) is 2.20. The Balaban J connectivity index is 2.16. The van der Waals surface area contributed by atoms with E-state index in [2.05, 4.69) is 22.7 Å². The average molecular weight is 179 g/mol. The van der Waals surface area contributed by atoms with Gasteiger partial charge in [0, 0.05) is 30.9 Å². The topological polar surface area (TPSA) is 43.8 Å². The van der Waals surface area contributed by atoms with Crippen LogP contribution in [0.3, 0.4) is 0 Å². The van der Waals surface area contributed by atoms with Gasteiger partial charge in [0.25, 0.3) is 0 Å². The predicted molar refractivity (Wildman–Crippen MR) is 52.5 cm³/mol. The number of nitrogens with two attached hydrogens (primary N) is 1. The van der Waals surface area contributed by atoms with E-state index in [4.69, 9.17) is 5.73 Å². The van der Waals surface area contributed by atoms with Crippen molar-refractivity contribution in [1.29, 1.82) is 0 Å². The van der Waals surface area contributed by atoms with Crippen LogP contribution >= 0.6 is 0 Å². The van der Waals surface area contributed by atoms with Crippen molar-refractivity contribution in [2.45, 2.75) is 44.7 Å². The van der Waals surface area contributed by atoms with Crippen LogP contribution in [0.4, 0.5) is 0 Å². The van der Waals surface area contributed by atoms with Crippen molar-refractivity contribution in [3.8, 4) is 0 Å². The van der Waals surface area contributed by atoms with E-state index in [0.717, 1.165) is 19.4 Å². The number of aryl methyl sites for hydroxylation is 1. The molecule has 2 rings (SSSR count). The molecular formula is C10H17N3. The monoisotopic (exact) mass is 179 g/mol. The van der Waals surface area contributed by atoms with Crippen molar-refractivity contribution < 1.29 is 0 Å². The maximum absolute atomic E-state index is 5.89. The maximum Gasteiger partial charge on any atom is 0.111 e. The molecule has 1 heterocycles. The van der Waals surface area contributed by atoms with Crippen molar-refractivity contribution in [2.75, 3.05) is 0 Å². The molecule has 0 bridgehead atoms. The summed E-state index contributed by atoms with van der Waals surface area (Å²) in [6.45, 7) is 3.17. The van der Waals surface area contributed by atoms with Gasteiger partial charge in [0.2, 0.25) is 0 Å². The van der Waals surface area contributed by atoms with Crippen molar-refractivity contribution in [3.05, 3.63) is 18.2 Å². The molecule has 72 valence electrons. The van der Waals surface area contributed by atoms with E-state index in [9.17, 15) is 0 Å². The predicted octanol–water partition coefficient (Wildman–Crippen LogP) is 1.50. The molecular weight excluding hydrogens is 162 g/mol. The summed E-state index contributed by atoms with van der Waals surface area (Å²) in [5, 5.41) is 0. The molecule has 0 amide bonds. The Hall–Kier alpha value is -0.830. The highest BCUT2D eigenvalue weighted by molar-refractivity contribution is 5.04. The minimum atomic E-state index is 0.395. The van der Waals surface area contributed by atoms with Gasteiger partial charge in [0.05, 0.1) is 0 Å². The van der Waals surface area contributed by atoms with Gasteiger partial charge in [0.1, 0.15) is 5.82 Å². The van der Waals surface area contributed by atoms with Crippen LogP contribution in [0.5, 0.6) is 0 Å². The van der Waals surface area contributed by atoms with E-state index in [1.54, 1.807) is 0 Å². The van der Waals surface area contributed by atoms with Crippen LogP contribution in [-0.4, -0.2) is 15.6 Å². The van der Waals surface area contributed by atoms with Crippen molar-refractivity contribution in [2.24, 2.45) is 5.73 Å². The molecule has 3 heteroatoms. The summed E-state index contributed by atoms with van der Waals surface area (Å²) in [4.78, 5) is 4.41. The molecule has 0 radical (unpaired) electrons. The molecule has 1 aliphatic rings. The minimum absolute atomic E-state index is 0.395. The Labute approximate surface area is 79.0 Å². The first-order valence-corrected chi connectivity index (χ1v) is 5.08. The standard InChI is InChI=1S/C10H17N3/c1-2-13-6-5-12-10(13)8-3-4-9(11)7-8/h5-6,8-9H,2-4,7,11H2,1H3/t8-,9+/m1/s1. The molecule has 0 unspecified atom stereocenters. The number of hydrogen-bond donors (Lipinski definition) is 1. The lowest BCUT2D eigenvalue weighted by Gasteiger charge is -2.10. The molecule has 1 aromatic rings. The molecule has 13 heavy (non-hydrogen) atoms. The van der Waals surface area contributed by atoms with E-state index in [-0.39, 0.29) is 0 Å². The lowest BCUT2D eigenvalue weighted by atomic mass is 10.1. The summed E-state index contributed by atoms with van der Waals surface area (Å²) >= 11 is 0. The van der Waals surface area contributed by atoms with Crippen molar-refractivity contribution >= 4 is 0 Å². The van der Waals surface area contributed by atoms with Gasteiger partial charge >= 0.3 is 0 Å². The van der Waals surface area contributed by atoms with Crippen LogP contribution in [-0.2, 0) is 6.54 Å². The fourth-order valence-corrected chi connectivity index (χ4v) is 2.20. The van der Waals surface area contributed by atoms with Gasteiger partial charge in [0.15, 0.2) is 0 Å². The molecule has 1 saturated carbocycles. The summed E-state index contributed by atoms with van der Waals surface area (Å²) in [5.74, 6) is 1.83. The van der Waals surface area contributed by atoms with Gasteiger partial charge in [-0.2, -0.15) is 0 Å². The highest BCUT2D eigenvalue weighted by Crippen LogP contribution is 2.32. The highest BCUT2D eigenvalue weighted by Gasteiger charge is 2.25. The molecule has 2 N–H and O–H groups in total. The molecule has 0 aromatic carbocycles. The SMILES string of the molecule is CCn1ccnc1[C@@H]1CC[C@H](N)C1. The second kappa shape index (κ2) is 3.50. The van der Waals surface area contributed by atoms with Crippen LogP contribution in [0.1, 0.15) is 37.9 Å². The van der Waals surface area contributed by atoms with Crippen molar-refractivity contribution in [1.82, 2.24) is 9.55 Å². The first kappa shape index (κ1) is 8.75. The lowest BCUT2D eigenvalue weighted by Crippen LogP contribution is -2.15. The lowest BCUT2D eigenvalue weighted by molar-refractivity contribution is 0.590. The van der Waals surface area contributed by atoms with Crippen LogP contribution in [0.25, 0.3) is 0 Å². The minimum Gasteiger partial charge on any atom is -0.335 e. The van der Waals surface area contributed by atoms with Gasteiger partial charge in [-0.1, -0.05) is 0 Å². The first-order chi connectivity index (χ1) is 6.31. The Morgan fingerprint density at radius 3 is 3.08 bits per heavy atom. The zero-order chi connectivity index (χ0) is 9.26. The molecule has 0 spiro atoms. The van der Waals surface area contributed by atoms with Crippen LogP contribution in [0.2, 0.25) is 0 Å². The van der Waals surface area contributed by atoms with E-state index in [1.165, 1.54) is 12.2 Å². The van der Waals surface area contributed by atoms with Crippen LogP contribution in [0, 0.1) is 0 Å². The fraction of sp³-hybridized carbons (Fsp3) is 0.700. The summed E-state index contributed by atoms with van der Waals surface area (Å²) in [5.41, 5.74) is 5.89. The largest absolute Gasteiger partial charge is 0.335 e. The third-order valence-electron chi connectivity index (χ3n) is 2.93. The zero-order valence-electron chi connectivity index (χ0n) is 8.11. The summed E-state index contributed by atoms with van der Waals surface area (Å²) < 4.78 is 2.22. The smallest absolute Gasteiger partial charge is 0.111 e. The van der Waals surface area contributed by atoms with Crippen molar-refractivity contribution in [3.63, 3.8) is 0 Å². The highest BCUT2D eigenvalue weighted by atomic mass is 15.1. The molecule has 1 fully saturated rings. The Morgan fingerprint density at radius 2 is 2.46 bits per heavy atom. The van der Waals surface area contributed by atoms with E-state index in [1.807, 2.05) is 6.20 Å². The first-order valence-electron chi connectivity index (χ1n) is 5.08. The van der Waals surface area contributed by atoms with E-state index in [0.29, 0.717) is 12.0 Å². The average Bonchev–Trinajstić information content (AvgIpc) is 2.71. The molecule has 1 aliphatic carbocycles. The number of rotatable bonds is 2. The maximum atomic E-state index is 5.89. The molecule has 3 nitrogen and oxygen atoms in total. The van der Waals surface area contributed by atoms with Crippen LogP contribution in [0.15, 0.2) is 12.4 Å². The third kappa shape index (κ3) is 1.61. The quantitative estimate of drug-likeness (QED) is 0.747. The van der Waals surface area contributed by atoms with Crippen LogP contribution < -0.4 is 5.73 Å². The second-order valence-corrected chi connectivity index (χ2v) is 3.84. The van der Waals surface area contributed by atoms with E-state index >= 15 is 0 Å². The Bertz CT molecular complexity index is 279. The summed E-state index contributed by atoms with van der Waals surface area (Å²) in [6.07, 6.45) is 7.41. The summed E-state index contributed by atoms with van der Waals surface area (Å²) in [7, 11) is 0. The number of nitrogens with zero attached hydrogens (tertiary/aromatic N) is 2. The van der Waals surface area contributed by atoms with Gasteiger partial charge in [-0.3, -0.25) is 0 Å². The molecule has 1 aromatic heterocycles. The summed E-state index contributed by atoms with van der Waals surface area (Å²) in [6, 6.07) is 0.395. The van der Waals surface area contributed by atoms with Gasteiger partial charge in [-0.15, -0.1) is 0 Å². The zero-order valence-corrected chi connectivity index (χ0v) is 8.11. The normalized spacial score (nSPS) is 28.2. The second-order valence-electron chi connectivity index (χ2n) is 3.84. The number of hydrogen-bond acceptors (Lipinski definition) is 2. The van der Waals surface area contributed by atoms with Gasteiger partial charge in [-0.25, -0.2) is 4.98 Å². The van der Waals surface area contributed by atoms with Gasteiger partial charge in [-0.05, 0) is 26.2 Å². The Kier molecular flexibility index (Phi) is 2.36. The molecule has 2 atom stereocenters. The van der Waals surface area contributed by atoms with Gasteiger partial charge < -0.3 is 10.3 Å².